The van der Waals surface area contributed by atoms with Crippen molar-refractivity contribution in [3.8, 4) is 0 Å². The number of fused-ring (bicyclic) bond motifs is 1. The Morgan fingerprint density at radius 3 is 2.29 bits per heavy atom. The van der Waals surface area contributed by atoms with Gasteiger partial charge >= 0.3 is 0 Å². The standard InChI is InChI=1S/C30H40N6O2/c1-7-21(5)29(38)35-17-15-34(16-18-35)26(8-2)24-11-9-23(10-12-24)22(6)32-30-31-19-25-13-14-27(37)36(20(3)4)28(25)33-30/h7,9-14,19-20,22,26H,8,15-18H2,1-6H3,(H,31,32,33)/b21-7+/t22-,26?/m0/s1. The largest absolute Gasteiger partial charge is 0.348 e. The van der Waals surface area contributed by atoms with Crippen LogP contribution in [0.15, 0.2) is 59.0 Å². The summed E-state index contributed by atoms with van der Waals surface area (Å²) in [6.07, 6.45) is 4.66. The van der Waals surface area contributed by atoms with Crippen LogP contribution in [0.2, 0.25) is 0 Å². The molecule has 2 aromatic heterocycles. The minimum absolute atomic E-state index is 0.00562. The van der Waals surface area contributed by atoms with E-state index in [-0.39, 0.29) is 23.6 Å². The second-order valence-electron chi connectivity index (χ2n) is 10.4. The zero-order valence-electron chi connectivity index (χ0n) is 23.4. The number of benzene rings is 1. The average molecular weight is 517 g/mol. The highest BCUT2D eigenvalue weighted by molar-refractivity contribution is 5.92. The van der Waals surface area contributed by atoms with Gasteiger partial charge in [-0.2, -0.15) is 4.98 Å². The molecule has 1 fully saturated rings. The van der Waals surface area contributed by atoms with Gasteiger partial charge in [-0.05, 0) is 58.2 Å². The van der Waals surface area contributed by atoms with Gasteiger partial charge in [0.1, 0.15) is 5.65 Å². The molecule has 0 spiro atoms. The summed E-state index contributed by atoms with van der Waals surface area (Å²) in [5, 5.41) is 4.24. The Kier molecular flexibility index (Phi) is 8.62. The van der Waals surface area contributed by atoms with E-state index in [0.29, 0.717) is 17.6 Å². The lowest BCUT2D eigenvalue weighted by Gasteiger charge is -2.39. The zero-order valence-corrected chi connectivity index (χ0v) is 23.4. The predicted octanol–water partition coefficient (Wildman–Crippen LogP) is 5.11. The third kappa shape index (κ3) is 5.80. The smallest absolute Gasteiger partial charge is 0.252 e. The summed E-state index contributed by atoms with van der Waals surface area (Å²) >= 11 is 0. The third-order valence-electron chi connectivity index (χ3n) is 7.55. The van der Waals surface area contributed by atoms with E-state index in [9.17, 15) is 9.59 Å². The van der Waals surface area contributed by atoms with Crippen molar-refractivity contribution in [2.45, 2.75) is 66.1 Å². The summed E-state index contributed by atoms with van der Waals surface area (Å²) in [7, 11) is 0. The molecule has 3 heterocycles. The SMILES string of the molecule is C/C=C(\C)C(=O)N1CCN(C(CC)c2ccc([C@H](C)Nc3ncc4ccc(=O)n(C(C)C)c4n3)cc2)CC1. The van der Waals surface area contributed by atoms with Crippen molar-refractivity contribution < 1.29 is 4.79 Å². The van der Waals surface area contributed by atoms with E-state index in [1.807, 2.05) is 38.7 Å². The number of allylic oxidation sites excluding steroid dienone is 1. The fraction of sp³-hybridized carbons (Fsp3) is 0.467. The monoisotopic (exact) mass is 516 g/mol. The molecular formula is C30H40N6O2. The van der Waals surface area contributed by atoms with E-state index >= 15 is 0 Å². The number of aromatic nitrogens is 3. The number of anilines is 1. The minimum Gasteiger partial charge on any atom is -0.348 e. The Balaban J connectivity index is 1.44. The molecule has 1 aliphatic rings. The fourth-order valence-corrected chi connectivity index (χ4v) is 5.21. The van der Waals surface area contributed by atoms with Crippen LogP contribution in [0.3, 0.4) is 0 Å². The molecular weight excluding hydrogens is 476 g/mol. The lowest BCUT2D eigenvalue weighted by molar-refractivity contribution is -0.129. The lowest BCUT2D eigenvalue weighted by Crippen LogP contribution is -2.49. The van der Waals surface area contributed by atoms with Crippen LogP contribution in [0.25, 0.3) is 11.0 Å². The van der Waals surface area contributed by atoms with Gasteiger partial charge in [-0.25, -0.2) is 4.98 Å². The number of hydrogen-bond donors (Lipinski definition) is 1. The molecule has 1 aliphatic heterocycles. The van der Waals surface area contributed by atoms with Gasteiger partial charge in [0, 0.05) is 61.5 Å². The first kappa shape index (κ1) is 27.5. The van der Waals surface area contributed by atoms with Crippen LogP contribution in [-0.2, 0) is 4.79 Å². The molecule has 1 unspecified atom stereocenters. The molecule has 0 bridgehead atoms. The van der Waals surface area contributed by atoms with E-state index in [4.69, 9.17) is 0 Å². The van der Waals surface area contributed by atoms with Crippen LogP contribution in [-0.4, -0.2) is 56.4 Å². The Labute approximate surface area is 225 Å². The Morgan fingerprint density at radius 2 is 1.68 bits per heavy atom. The van der Waals surface area contributed by atoms with Gasteiger partial charge in [-0.1, -0.05) is 37.3 Å². The maximum Gasteiger partial charge on any atom is 0.252 e. The van der Waals surface area contributed by atoms with E-state index in [1.54, 1.807) is 22.9 Å². The molecule has 1 aromatic carbocycles. The molecule has 3 aromatic rings. The molecule has 0 aliphatic carbocycles. The summed E-state index contributed by atoms with van der Waals surface area (Å²) < 4.78 is 1.70. The molecule has 0 radical (unpaired) electrons. The highest BCUT2D eigenvalue weighted by Crippen LogP contribution is 2.28. The predicted molar refractivity (Wildman–Crippen MR) is 153 cm³/mol. The molecule has 2 atom stereocenters. The maximum absolute atomic E-state index is 12.5. The van der Waals surface area contributed by atoms with Gasteiger partial charge in [-0.15, -0.1) is 0 Å². The van der Waals surface area contributed by atoms with Crippen LogP contribution >= 0.6 is 0 Å². The number of amides is 1. The molecule has 1 amide bonds. The molecule has 8 heteroatoms. The number of carbonyl (C=O) groups excluding carboxylic acids is 1. The Morgan fingerprint density at radius 1 is 1.03 bits per heavy atom. The van der Waals surface area contributed by atoms with Crippen molar-refractivity contribution in [1.29, 1.82) is 0 Å². The second-order valence-corrected chi connectivity index (χ2v) is 10.4. The number of piperazine rings is 1. The molecule has 38 heavy (non-hydrogen) atoms. The van der Waals surface area contributed by atoms with Gasteiger partial charge in [0.15, 0.2) is 0 Å². The maximum atomic E-state index is 12.5. The number of nitrogens with zero attached hydrogens (tertiary/aromatic N) is 5. The normalized spacial score (nSPS) is 16.6. The highest BCUT2D eigenvalue weighted by atomic mass is 16.2. The highest BCUT2D eigenvalue weighted by Gasteiger charge is 2.26. The van der Waals surface area contributed by atoms with Crippen molar-refractivity contribution in [3.05, 3.63) is 75.7 Å². The van der Waals surface area contributed by atoms with Crippen LogP contribution in [0.4, 0.5) is 5.95 Å². The van der Waals surface area contributed by atoms with Gasteiger partial charge in [0.25, 0.3) is 5.56 Å². The Bertz CT molecular complexity index is 1350. The average Bonchev–Trinajstić information content (AvgIpc) is 2.93. The lowest BCUT2D eigenvalue weighted by atomic mass is 9.98. The first-order chi connectivity index (χ1) is 18.2. The fourth-order valence-electron chi connectivity index (χ4n) is 5.21. The van der Waals surface area contributed by atoms with Crippen molar-refractivity contribution in [2.75, 3.05) is 31.5 Å². The van der Waals surface area contributed by atoms with E-state index < -0.39 is 0 Å². The summed E-state index contributed by atoms with van der Waals surface area (Å²) in [4.78, 5) is 38.5. The van der Waals surface area contributed by atoms with Gasteiger partial charge in [0.05, 0.1) is 6.04 Å². The molecule has 4 rings (SSSR count). The van der Waals surface area contributed by atoms with E-state index in [0.717, 1.165) is 49.1 Å². The first-order valence-corrected chi connectivity index (χ1v) is 13.6. The van der Waals surface area contributed by atoms with Crippen molar-refractivity contribution in [3.63, 3.8) is 0 Å². The quantitative estimate of drug-likeness (QED) is 0.419. The summed E-state index contributed by atoms with van der Waals surface area (Å²) in [6.45, 7) is 15.3. The summed E-state index contributed by atoms with van der Waals surface area (Å²) in [5.74, 6) is 0.648. The van der Waals surface area contributed by atoms with Gasteiger partial charge in [0.2, 0.25) is 11.9 Å². The van der Waals surface area contributed by atoms with Gasteiger partial charge < -0.3 is 10.2 Å². The summed E-state index contributed by atoms with van der Waals surface area (Å²) in [5.41, 5.74) is 3.81. The number of carbonyl (C=O) groups is 1. The summed E-state index contributed by atoms with van der Waals surface area (Å²) in [6, 6.07) is 12.4. The minimum atomic E-state index is -0.0628. The number of pyridine rings is 1. The van der Waals surface area contributed by atoms with Crippen LogP contribution in [0.1, 0.15) is 77.2 Å². The third-order valence-corrected chi connectivity index (χ3v) is 7.55. The molecule has 0 saturated carbocycles. The van der Waals surface area contributed by atoms with Crippen molar-refractivity contribution in [2.24, 2.45) is 0 Å². The number of nitrogens with one attached hydrogen (secondary N) is 1. The number of hydrogen-bond acceptors (Lipinski definition) is 6. The molecule has 1 saturated heterocycles. The second kappa shape index (κ2) is 11.9. The molecule has 1 N–H and O–H groups in total. The first-order valence-electron chi connectivity index (χ1n) is 13.6. The van der Waals surface area contributed by atoms with Gasteiger partial charge in [-0.3, -0.25) is 19.1 Å². The van der Waals surface area contributed by atoms with Crippen LogP contribution in [0, 0.1) is 0 Å². The van der Waals surface area contributed by atoms with Crippen molar-refractivity contribution >= 4 is 22.9 Å². The van der Waals surface area contributed by atoms with E-state index in [1.165, 1.54) is 5.56 Å². The van der Waals surface area contributed by atoms with Crippen molar-refractivity contribution in [1.82, 2.24) is 24.3 Å². The van der Waals surface area contributed by atoms with Crippen LogP contribution < -0.4 is 10.9 Å². The topological polar surface area (TPSA) is 83.4 Å². The van der Waals surface area contributed by atoms with E-state index in [2.05, 4.69) is 58.3 Å². The number of rotatable bonds is 8. The Hall–Kier alpha value is -3.52. The molecule has 202 valence electrons. The van der Waals surface area contributed by atoms with Crippen LogP contribution in [0.5, 0.6) is 0 Å². The molecule has 8 nitrogen and oxygen atoms in total. The zero-order chi connectivity index (χ0) is 27.4.